The second kappa shape index (κ2) is 13.2. The SMILES string of the molecule is CC(C)CC(CC(=O)C(CC(=O)OCc1ccccc1)C(C)C)C(=O)CC1CCNC(=O)C1=O. The lowest BCUT2D eigenvalue weighted by atomic mass is 9.78. The summed E-state index contributed by atoms with van der Waals surface area (Å²) in [5.74, 6) is -3.57. The van der Waals surface area contributed by atoms with Crippen molar-refractivity contribution < 1.29 is 28.7 Å². The third-order valence-corrected chi connectivity index (χ3v) is 6.33. The van der Waals surface area contributed by atoms with Gasteiger partial charge in [-0.25, -0.2) is 0 Å². The van der Waals surface area contributed by atoms with Gasteiger partial charge in [0, 0.05) is 37.1 Å². The van der Waals surface area contributed by atoms with Crippen LogP contribution < -0.4 is 5.32 Å². The van der Waals surface area contributed by atoms with Gasteiger partial charge in [0.1, 0.15) is 18.2 Å². The highest BCUT2D eigenvalue weighted by Crippen LogP contribution is 2.27. The van der Waals surface area contributed by atoms with Gasteiger partial charge < -0.3 is 10.1 Å². The Kier molecular flexibility index (Phi) is 10.6. The Hall–Kier alpha value is -2.83. The minimum Gasteiger partial charge on any atom is -0.461 e. The number of ketones is 3. The fourth-order valence-electron chi connectivity index (χ4n) is 4.36. The van der Waals surface area contributed by atoms with E-state index in [-0.39, 0.29) is 49.3 Å². The molecule has 1 amide bonds. The van der Waals surface area contributed by atoms with Gasteiger partial charge in [0.25, 0.3) is 5.91 Å². The molecule has 3 unspecified atom stereocenters. The lowest BCUT2D eigenvalue weighted by molar-refractivity contribution is -0.148. The molecule has 1 fully saturated rings. The molecule has 0 saturated carbocycles. The fourth-order valence-corrected chi connectivity index (χ4v) is 4.36. The Labute approximate surface area is 202 Å². The van der Waals surface area contributed by atoms with Crippen LogP contribution in [0.25, 0.3) is 0 Å². The van der Waals surface area contributed by atoms with Gasteiger partial charge in [-0.15, -0.1) is 0 Å². The maximum Gasteiger partial charge on any atom is 0.306 e. The van der Waals surface area contributed by atoms with Crippen molar-refractivity contribution in [2.45, 2.75) is 66.4 Å². The highest BCUT2D eigenvalue weighted by molar-refractivity contribution is 6.37. The highest BCUT2D eigenvalue weighted by atomic mass is 16.5. The van der Waals surface area contributed by atoms with Gasteiger partial charge in [0.15, 0.2) is 0 Å². The first-order valence-corrected chi connectivity index (χ1v) is 12.2. The number of nitrogens with one attached hydrogen (secondary N) is 1. The molecular formula is C27H37NO6. The zero-order valence-electron chi connectivity index (χ0n) is 20.7. The van der Waals surface area contributed by atoms with Crippen LogP contribution in [0.15, 0.2) is 30.3 Å². The number of esters is 1. The summed E-state index contributed by atoms with van der Waals surface area (Å²) in [6.45, 7) is 8.24. The first kappa shape index (κ1) is 27.4. The van der Waals surface area contributed by atoms with Crippen LogP contribution in [-0.2, 0) is 35.3 Å². The van der Waals surface area contributed by atoms with Crippen LogP contribution in [0.5, 0.6) is 0 Å². The molecule has 1 aromatic carbocycles. The molecule has 3 atom stereocenters. The molecule has 7 nitrogen and oxygen atoms in total. The minimum absolute atomic E-state index is 0.0254. The van der Waals surface area contributed by atoms with Crippen molar-refractivity contribution in [1.29, 1.82) is 0 Å². The van der Waals surface area contributed by atoms with Crippen molar-refractivity contribution >= 4 is 29.2 Å². The molecule has 0 radical (unpaired) electrons. The van der Waals surface area contributed by atoms with Crippen LogP contribution in [0.4, 0.5) is 0 Å². The topological polar surface area (TPSA) is 107 Å². The Morgan fingerprint density at radius 3 is 2.29 bits per heavy atom. The monoisotopic (exact) mass is 471 g/mol. The maximum atomic E-state index is 13.2. The number of ether oxygens (including phenoxy) is 1. The standard InChI is InChI=1S/C27H37NO6/c1-17(2)12-21(23(29)13-20-10-11-28-27(33)26(20)32)14-24(30)22(18(3)4)15-25(31)34-16-19-8-6-5-7-9-19/h5-9,17-18,20-22H,10-16H2,1-4H3,(H,28,33). The first-order valence-electron chi connectivity index (χ1n) is 12.2. The predicted molar refractivity (Wildman–Crippen MR) is 127 cm³/mol. The Morgan fingerprint density at radius 1 is 1.00 bits per heavy atom. The number of Topliss-reactive ketones (excluding diaryl/α,β-unsaturated/α-hetero) is 3. The molecule has 186 valence electrons. The molecule has 7 heteroatoms. The third-order valence-electron chi connectivity index (χ3n) is 6.33. The molecule has 1 heterocycles. The number of piperidine rings is 1. The summed E-state index contributed by atoms with van der Waals surface area (Å²) < 4.78 is 5.36. The van der Waals surface area contributed by atoms with E-state index < -0.39 is 35.4 Å². The second-order valence-corrected chi connectivity index (χ2v) is 9.97. The van der Waals surface area contributed by atoms with Gasteiger partial charge in [-0.3, -0.25) is 24.0 Å². The van der Waals surface area contributed by atoms with Gasteiger partial charge in [-0.2, -0.15) is 0 Å². The lowest BCUT2D eigenvalue weighted by Gasteiger charge is -2.25. The van der Waals surface area contributed by atoms with E-state index in [0.717, 1.165) is 5.56 Å². The molecule has 0 spiro atoms. The highest BCUT2D eigenvalue weighted by Gasteiger charge is 2.35. The van der Waals surface area contributed by atoms with Gasteiger partial charge in [0.05, 0.1) is 6.42 Å². The number of benzene rings is 1. The number of carbonyl (C=O) groups excluding carboxylic acids is 5. The van der Waals surface area contributed by atoms with Crippen LogP contribution in [0.2, 0.25) is 0 Å². The second-order valence-electron chi connectivity index (χ2n) is 9.97. The number of carbonyl (C=O) groups is 5. The van der Waals surface area contributed by atoms with E-state index >= 15 is 0 Å². The van der Waals surface area contributed by atoms with Crippen LogP contribution in [0.1, 0.15) is 65.4 Å². The van der Waals surface area contributed by atoms with Crippen LogP contribution >= 0.6 is 0 Å². The zero-order valence-corrected chi connectivity index (χ0v) is 20.7. The third kappa shape index (κ3) is 8.50. The molecule has 1 saturated heterocycles. The molecule has 1 aliphatic heterocycles. The van der Waals surface area contributed by atoms with Crippen molar-refractivity contribution in [2.75, 3.05) is 6.54 Å². The van der Waals surface area contributed by atoms with Crippen LogP contribution in [0.3, 0.4) is 0 Å². The predicted octanol–water partition coefficient (Wildman–Crippen LogP) is 3.68. The number of hydrogen-bond acceptors (Lipinski definition) is 6. The van der Waals surface area contributed by atoms with Crippen molar-refractivity contribution in [2.24, 2.45) is 29.6 Å². The molecule has 1 aliphatic rings. The number of hydrogen-bond donors (Lipinski definition) is 1. The molecular weight excluding hydrogens is 434 g/mol. The fraction of sp³-hybridized carbons (Fsp3) is 0.593. The quantitative estimate of drug-likeness (QED) is 0.347. The number of rotatable bonds is 13. The molecule has 2 rings (SSSR count). The smallest absolute Gasteiger partial charge is 0.306 e. The maximum absolute atomic E-state index is 13.2. The van der Waals surface area contributed by atoms with E-state index in [4.69, 9.17) is 4.74 Å². The summed E-state index contributed by atoms with van der Waals surface area (Å²) in [6, 6.07) is 9.33. The number of amides is 1. The molecule has 1 aromatic rings. The van der Waals surface area contributed by atoms with E-state index in [1.54, 1.807) is 0 Å². The molecule has 0 bridgehead atoms. The van der Waals surface area contributed by atoms with Crippen LogP contribution in [-0.4, -0.2) is 35.8 Å². The van der Waals surface area contributed by atoms with E-state index in [1.165, 1.54) is 0 Å². The Morgan fingerprint density at radius 2 is 1.68 bits per heavy atom. The van der Waals surface area contributed by atoms with Crippen molar-refractivity contribution in [3.05, 3.63) is 35.9 Å². The minimum atomic E-state index is -0.644. The summed E-state index contributed by atoms with van der Waals surface area (Å²) >= 11 is 0. The van der Waals surface area contributed by atoms with Crippen molar-refractivity contribution in [3.63, 3.8) is 0 Å². The van der Waals surface area contributed by atoms with E-state index in [9.17, 15) is 24.0 Å². The van der Waals surface area contributed by atoms with E-state index in [1.807, 2.05) is 58.0 Å². The average Bonchev–Trinajstić information content (AvgIpc) is 2.78. The molecule has 0 aromatic heterocycles. The van der Waals surface area contributed by atoms with E-state index in [0.29, 0.717) is 19.4 Å². The molecule has 34 heavy (non-hydrogen) atoms. The normalized spacial score (nSPS) is 17.9. The summed E-state index contributed by atoms with van der Waals surface area (Å²) in [5.41, 5.74) is 0.872. The molecule has 1 N–H and O–H groups in total. The van der Waals surface area contributed by atoms with Crippen molar-refractivity contribution in [3.8, 4) is 0 Å². The largest absolute Gasteiger partial charge is 0.461 e. The first-order chi connectivity index (χ1) is 16.1. The summed E-state index contributed by atoms with van der Waals surface area (Å²) in [5, 5.41) is 2.50. The van der Waals surface area contributed by atoms with Gasteiger partial charge in [-0.05, 0) is 30.2 Å². The van der Waals surface area contributed by atoms with Gasteiger partial charge >= 0.3 is 5.97 Å². The summed E-state index contributed by atoms with van der Waals surface area (Å²) in [6.07, 6.45) is 0.913. The van der Waals surface area contributed by atoms with Crippen LogP contribution in [0, 0.1) is 29.6 Å². The Balaban J connectivity index is 2.00. The summed E-state index contributed by atoms with van der Waals surface area (Å²) in [4.78, 5) is 62.5. The van der Waals surface area contributed by atoms with E-state index in [2.05, 4.69) is 5.32 Å². The average molecular weight is 472 g/mol. The van der Waals surface area contributed by atoms with Crippen molar-refractivity contribution in [1.82, 2.24) is 5.32 Å². The zero-order chi connectivity index (χ0) is 25.3. The Bertz CT molecular complexity index is 876. The lowest BCUT2D eigenvalue weighted by Crippen LogP contribution is -2.43. The molecule has 0 aliphatic carbocycles. The van der Waals surface area contributed by atoms with Gasteiger partial charge in [0.2, 0.25) is 5.78 Å². The van der Waals surface area contributed by atoms with Gasteiger partial charge in [-0.1, -0.05) is 58.0 Å². The summed E-state index contributed by atoms with van der Waals surface area (Å²) in [7, 11) is 0.